The van der Waals surface area contributed by atoms with Gasteiger partial charge in [-0.25, -0.2) is 13.2 Å². The van der Waals surface area contributed by atoms with E-state index in [-0.39, 0.29) is 11.8 Å². The fourth-order valence-electron chi connectivity index (χ4n) is 2.75. The van der Waals surface area contributed by atoms with Crippen LogP contribution in [0.3, 0.4) is 0 Å². The SMILES string of the molecule is Cc1ccc(NC(=O)Nc2cc(N3CCCS3(=O)=O)ccc2C)cc1. The minimum atomic E-state index is -3.25. The Bertz CT molecular complexity index is 892. The molecule has 0 atom stereocenters. The first-order chi connectivity index (χ1) is 11.8. The molecule has 6 nitrogen and oxygen atoms in total. The molecule has 1 heterocycles. The minimum Gasteiger partial charge on any atom is -0.308 e. The molecule has 0 bridgehead atoms. The van der Waals surface area contributed by atoms with Crippen molar-refractivity contribution in [3.63, 3.8) is 0 Å². The highest BCUT2D eigenvalue weighted by molar-refractivity contribution is 7.93. The normalized spacial score (nSPS) is 15.8. The summed E-state index contributed by atoms with van der Waals surface area (Å²) in [5, 5.41) is 5.56. The monoisotopic (exact) mass is 359 g/mol. The molecule has 3 rings (SSSR count). The number of carbonyl (C=O) groups excluding carboxylic acids is 1. The van der Waals surface area contributed by atoms with E-state index in [1.54, 1.807) is 12.1 Å². The van der Waals surface area contributed by atoms with E-state index in [0.717, 1.165) is 11.1 Å². The van der Waals surface area contributed by atoms with Gasteiger partial charge in [-0.15, -0.1) is 0 Å². The van der Waals surface area contributed by atoms with Gasteiger partial charge in [-0.2, -0.15) is 0 Å². The number of nitrogens with zero attached hydrogens (tertiary/aromatic N) is 1. The van der Waals surface area contributed by atoms with Crippen molar-refractivity contribution in [2.24, 2.45) is 0 Å². The molecule has 0 aromatic heterocycles. The predicted octanol–water partition coefficient (Wildman–Crippen LogP) is 3.49. The molecule has 0 aliphatic carbocycles. The Labute approximate surface area is 147 Å². The topological polar surface area (TPSA) is 78.5 Å². The van der Waals surface area contributed by atoms with Gasteiger partial charge in [0.25, 0.3) is 0 Å². The standard InChI is InChI=1S/C18H21N3O3S/c1-13-4-7-15(8-5-13)19-18(22)20-17-12-16(9-6-14(17)2)21-10-3-11-25(21,23)24/h4-9,12H,3,10-11H2,1-2H3,(H2,19,20,22). The number of carbonyl (C=O) groups is 1. The summed E-state index contributed by atoms with van der Waals surface area (Å²) in [4.78, 5) is 12.2. The van der Waals surface area contributed by atoms with Gasteiger partial charge in [0.15, 0.2) is 0 Å². The van der Waals surface area contributed by atoms with Gasteiger partial charge in [-0.1, -0.05) is 23.8 Å². The van der Waals surface area contributed by atoms with Gasteiger partial charge < -0.3 is 10.6 Å². The highest BCUT2D eigenvalue weighted by atomic mass is 32.2. The Kier molecular flexibility index (Phi) is 4.67. The van der Waals surface area contributed by atoms with Crippen LogP contribution in [0.2, 0.25) is 0 Å². The summed E-state index contributed by atoms with van der Waals surface area (Å²) in [6.07, 6.45) is 0.618. The first kappa shape index (κ1) is 17.3. The van der Waals surface area contributed by atoms with Gasteiger partial charge in [0.1, 0.15) is 0 Å². The van der Waals surface area contributed by atoms with E-state index < -0.39 is 10.0 Å². The van der Waals surface area contributed by atoms with E-state index in [9.17, 15) is 13.2 Å². The van der Waals surface area contributed by atoms with Gasteiger partial charge in [0.05, 0.1) is 11.4 Å². The molecule has 2 aromatic rings. The zero-order valence-corrected chi connectivity index (χ0v) is 15.1. The zero-order valence-electron chi connectivity index (χ0n) is 14.2. The van der Waals surface area contributed by atoms with Crippen molar-refractivity contribution in [1.29, 1.82) is 0 Å². The number of aryl methyl sites for hydroxylation is 2. The van der Waals surface area contributed by atoms with Crippen LogP contribution >= 0.6 is 0 Å². The molecule has 2 amide bonds. The van der Waals surface area contributed by atoms with Gasteiger partial charge >= 0.3 is 6.03 Å². The Morgan fingerprint density at radius 3 is 2.40 bits per heavy atom. The molecule has 25 heavy (non-hydrogen) atoms. The Morgan fingerprint density at radius 2 is 1.76 bits per heavy atom. The van der Waals surface area contributed by atoms with E-state index in [2.05, 4.69) is 10.6 Å². The summed E-state index contributed by atoms with van der Waals surface area (Å²) in [5.74, 6) is 0.164. The van der Waals surface area contributed by atoms with Crippen molar-refractivity contribution >= 4 is 33.1 Å². The Morgan fingerprint density at radius 1 is 1.04 bits per heavy atom. The summed E-state index contributed by atoms with van der Waals surface area (Å²) >= 11 is 0. The number of hydrogen-bond donors (Lipinski definition) is 2. The van der Waals surface area contributed by atoms with Crippen LogP contribution in [0.1, 0.15) is 17.5 Å². The van der Waals surface area contributed by atoms with Crippen LogP contribution in [0.5, 0.6) is 0 Å². The number of anilines is 3. The Hall–Kier alpha value is -2.54. The molecule has 1 aliphatic heterocycles. The van der Waals surface area contributed by atoms with Crippen molar-refractivity contribution in [2.45, 2.75) is 20.3 Å². The number of sulfonamides is 1. The largest absolute Gasteiger partial charge is 0.323 e. The molecule has 0 spiro atoms. The summed E-state index contributed by atoms with van der Waals surface area (Å²) in [6.45, 7) is 4.31. The summed E-state index contributed by atoms with van der Waals surface area (Å²) < 4.78 is 25.5. The second-order valence-corrected chi connectivity index (χ2v) is 8.20. The number of hydrogen-bond acceptors (Lipinski definition) is 3. The van der Waals surface area contributed by atoms with Gasteiger partial charge in [0.2, 0.25) is 10.0 Å². The van der Waals surface area contributed by atoms with E-state index >= 15 is 0 Å². The molecule has 0 radical (unpaired) electrons. The van der Waals surface area contributed by atoms with Crippen LogP contribution in [0.4, 0.5) is 21.9 Å². The lowest BCUT2D eigenvalue weighted by Crippen LogP contribution is -2.25. The maximum Gasteiger partial charge on any atom is 0.323 e. The van der Waals surface area contributed by atoms with Crippen molar-refractivity contribution in [3.8, 4) is 0 Å². The van der Waals surface area contributed by atoms with Crippen molar-refractivity contribution in [2.75, 3.05) is 27.2 Å². The summed E-state index contributed by atoms with van der Waals surface area (Å²) in [5.41, 5.74) is 3.83. The number of urea groups is 1. The number of rotatable bonds is 3. The molecule has 0 unspecified atom stereocenters. The third kappa shape index (κ3) is 3.93. The third-order valence-corrected chi connectivity index (χ3v) is 6.04. The van der Waals surface area contributed by atoms with Gasteiger partial charge in [0, 0.05) is 17.9 Å². The Balaban J connectivity index is 1.76. The summed E-state index contributed by atoms with van der Waals surface area (Å²) in [7, 11) is -3.25. The molecule has 1 saturated heterocycles. The molecule has 1 fully saturated rings. The van der Waals surface area contributed by atoms with Gasteiger partial charge in [-0.05, 0) is 50.1 Å². The predicted molar refractivity (Wildman–Crippen MR) is 101 cm³/mol. The molecule has 2 aromatic carbocycles. The maximum atomic E-state index is 12.2. The highest BCUT2D eigenvalue weighted by Gasteiger charge is 2.28. The zero-order chi connectivity index (χ0) is 18.0. The average molecular weight is 359 g/mol. The number of amides is 2. The summed E-state index contributed by atoms with van der Waals surface area (Å²) in [6, 6.07) is 12.4. The molecular weight excluding hydrogens is 338 g/mol. The van der Waals surface area contributed by atoms with Crippen molar-refractivity contribution < 1.29 is 13.2 Å². The molecule has 7 heteroatoms. The molecule has 1 aliphatic rings. The van der Waals surface area contributed by atoms with E-state index in [1.807, 2.05) is 44.2 Å². The average Bonchev–Trinajstić information content (AvgIpc) is 2.91. The van der Waals surface area contributed by atoms with Crippen molar-refractivity contribution in [1.82, 2.24) is 0 Å². The lowest BCUT2D eigenvalue weighted by atomic mass is 10.2. The lowest BCUT2D eigenvalue weighted by molar-refractivity contribution is 0.262. The van der Waals surface area contributed by atoms with Crippen LogP contribution in [-0.4, -0.2) is 26.7 Å². The number of benzene rings is 2. The number of nitrogens with one attached hydrogen (secondary N) is 2. The second kappa shape index (κ2) is 6.76. The van der Waals surface area contributed by atoms with Gasteiger partial charge in [-0.3, -0.25) is 4.31 Å². The molecule has 132 valence electrons. The first-order valence-corrected chi connectivity index (χ1v) is 9.72. The van der Waals surface area contributed by atoms with Crippen LogP contribution in [-0.2, 0) is 10.0 Å². The van der Waals surface area contributed by atoms with E-state index in [4.69, 9.17) is 0 Å². The smallest absolute Gasteiger partial charge is 0.308 e. The van der Waals surface area contributed by atoms with Crippen LogP contribution in [0.25, 0.3) is 0 Å². The van der Waals surface area contributed by atoms with E-state index in [0.29, 0.717) is 30.0 Å². The van der Waals surface area contributed by atoms with Crippen molar-refractivity contribution in [3.05, 3.63) is 53.6 Å². The van der Waals surface area contributed by atoms with E-state index in [1.165, 1.54) is 4.31 Å². The second-order valence-electron chi connectivity index (χ2n) is 6.19. The highest BCUT2D eigenvalue weighted by Crippen LogP contribution is 2.28. The fraction of sp³-hybridized carbons (Fsp3) is 0.278. The van der Waals surface area contributed by atoms with Crippen LogP contribution in [0.15, 0.2) is 42.5 Å². The molecule has 0 saturated carbocycles. The minimum absolute atomic E-state index is 0.164. The quantitative estimate of drug-likeness (QED) is 0.880. The first-order valence-electron chi connectivity index (χ1n) is 8.11. The van der Waals surface area contributed by atoms with Crippen LogP contribution in [0, 0.1) is 13.8 Å². The molecular formula is C18H21N3O3S. The molecule has 2 N–H and O–H groups in total. The third-order valence-electron chi connectivity index (χ3n) is 4.17. The fourth-order valence-corrected chi connectivity index (χ4v) is 4.31. The maximum absolute atomic E-state index is 12.2. The lowest BCUT2D eigenvalue weighted by Gasteiger charge is -2.19. The van der Waals surface area contributed by atoms with Crippen LogP contribution < -0.4 is 14.9 Å².